The molecular formula is C20H24N2O2. The minimum Gasteiger partial charge on any atom is -0.399 e. The summed E-state index contributed by atoms with van der Waals surface area (Å²) in [6.45, 7) is 5.34. The highest BCUT2D eigenvalue weighted by molar-refractivity contribution is 6.24. The van der Waals surface area contributed by atoms with E-state index in [1.165, 1.54) is 16.8 Å². The van der Waals surface area contributed by atoms with Gasteiger partial charge in [0.1, 0.15) is 7.11 Å². The van der Waals surface area contributed by atoms with Gasteiger partial charge in [-0.15, -0.1) is 0 Å². The number of allylic oxidation sites excluding steroid dienone is 2. The molecular weight excluding hydrogens is 300 g/mol. The molecule has 2 heterocycles. The lowest BCUT2D eigenvalue weighted by Gasteiger charge is -2.48. The molecule has 0 fully saturated rings. The number of carbonyl (C=O) groups excluding carboxylic acids is 1. The Hall–Kier alpha value is -2.10. The van der Waals surface area contributed by atoms with Crippen LogP contribution in [0.15, 0.2) is 40.7 Å². The third kappa shape index (κ3) is 2.36. The van der Waals surface area contributed by atoms with Crippen LogP contribution in [0.4, 0.5) is 0 Å². The molecule has 1 aromatic carbocycles. The molecule has 0 N–H and O–H groups in total. The van der Waals surface area contributed by atoms with E-state index in [9.17, 15) is 4.79 Å². The molecule has 1 aliphatic carbocycles. The second-order valence-electron chi connectivity index (χ2n) is 7.85. The summed E-state index contributed by atoms with van der Waals surface area (Å²) in [7, 11) is 1.56. The van der Waals surface area contributed by atoms with Crippen LogP contribution < -0.4 is 0 Å². The van der Waals surface area contributed by atoms with E-state index in [-0.39, 0.29) is 17.2 Å². The zero-order valence-corrected chi connectivity index (χ0v) is 14.6. The molecule has 2 aliphatic heterocycles. The highest BCUT2D eigenvalue weighted by atomic mass is 16.6. The van der Waals surface area contributed by atoms with Gasteiger partial charge in [-0.1, -0.05) is 43.3 Å². The van der Waals surface area contributed by atoms with E-state index in [1.54, 1.807) is 7.11 Å². The molecule has 0 unspecified atom stereocenters. The van der Waals surface area contributed by atoms with Gasteiger partial charge in [-0.3, -0.25) is 4.79 Å². The van der Waals surface area contributed by atoms with Gasteiger partial charge in [0, 0.05) is 25.1 Å². The monoisotopic (exact) mass is 324 g/mol. The van der Waals surface area contributed by atoms with Crippen molar-refractivity contribution in [2.24, 2.45) is 10.6 Å². The van der Waals surface area contributed by atoms with Crippen LogP contribution in [0.25, 0.3) is 0 Å². The molecule has 0 radical (unpaired) electrons. The van der Waals surface area contributed by atoms with Gasteiger partial charge >= 0.3 is 0 Å². The number of rotatable bonds is 1. The van der Waals surface area contributed by atoms with Gasteiger partial charge in [0.25, 0.3) is 0 Å². The molecule has 1 atom stereocenters. The highest BCUT2D eigenvalue weighted by Crippen LogP contribution is 2.47. The Kier molecular flexibility index (Phi) is 3.52. The first-order chi connectivity index (χ1) is 11.5. The minimum absolute atomic E-state index is 0.00690. The average Bonchev–Trinajstić information content (AvgIpc) is 2.53. The Morgan fingerprint density at radius 3 is 2.83 bits per heavy atom. The zero-order valence-electron chi connectivity index (χ0n) is 14.6. The van der Waals surface area contributed by atoms with Gasteiger partial charge in [0.05, 0.1) is 17.3 Å². The number of oxime groups is 1. The Bertz CT molecular complexity index is 761. The Morgan fingerprint density at radius 1 is 1.25 bits per heavy atom. The average molecular weight is 324 g/mol. The zero-order chi connectivity index (χ0) is 16.9. The van der Waals surface area contributed by atoms with Crippen molar-refractivity contribution in [1.82, 2.24) is 4.90 Å². The molecule has 24 heavy (non-hydrogen) atoms. The fourth-order valence-corrected chi connectivity index (χ4v) is 4.53. The SMILES string of the molecule is CON=C1C[C@@H]2c3ccccc3CCN2C2=C1C(=O)CC(C)(C)C2. The van der Waals surface area contributed by atoms with Gasteiger partial charge in [-0.05, 0) is 29.4 Å². The number of ketones is 1. The molecule has 126 valence electrons. The molecule has 0 saturated carbocycles. The highest BCUT2D eigenvalue weighted by Gasteiger charge is 2.44. The molecule has 0 bridgehead atoms. The van der Waals surface area contributed by atoms with Crippen molar-refractivity contribution in [2.45, 2.75) is 45.6 Å². The normalized spacial score (nSPS) is 26.8. The quantitative estimate of drug-likeness (QED) is 0.741. The lowest BCUT2D eigenvalue weighted by atomic mass is 9.71. The van der Waals surface area contributed by atoms with Crippen LogP contribution in [-0.2, 0) is 16.1 Å². The van der Waals surface area contributed by atoms with Crippen LogP contribution in [0, 0.1) is 5.41 Å². The first-order valence-corrected chi connectivity index (χ1v) is 8.71. The van der Waals surface area contributed by atoms with Crippen molar-refractivity contribution < 1.29 is 9.63 Å². The molecule has 4 nitrogen and oxygen atoms in total. The third-order valence-electron chi connectivity index (χ3n) is 5.49. The van der Waals surface area contributed by atoms with Gasteiger partial charge in [0.2, 0.25) is 0 Å². The maximum absolute atomic E-state index is 12.8. The smallest absolute Gasteiger partial charge is 0.167 e. The van der Waals surface area contributed by atoms with E-state index in [4.69, 9.17) is 4.84 Å². The predicted octanol–water partition coefficient (Wildman–Crippen LogP) is 3.64. The first kappa shape index (κ1) is 15.4. The molecule has 3 aliphatic rings. The number of nitrogens with zero attached hydrogens (tertiary/aromatic N) is 2. The van der Waals surface area contributed by atoms with Crippen molar-refractivity contribution in [2.75, 3.05) is 13.7 Å². The van der Waals surface area contributed by atoms with Gasteiger partial charge in [-0.25, -0.2) is 0 Å². The number of hydrogen-bond acceptors (Lipinski definition) is 4. The third-order valence-corrected chi connectivity index (χ3v) is 5.49. The van der Waals surface area contributed by atoms with E-state index in [0.29, 0.717) is 6.42 Å². The molecule has 4 rings (SSSR count). The molecule has 4 heteroatoms. The van der Waals surface area contributed by atoms with Crippen LogP contribution in [0.5, 0.6) is 0 Å². The number of benzene rings is 1. The van der Waals surface area contributed by atoms with Crippen molar-refractivity contribution in [1.29, 1.82) is 0 Å². The predicted molar refractivity (Wildman–Crippen MR) is 93.7 cm³/mol. The Balaban J connectivity index is 1.86. The van der Waals surface area contributed by atoms with Crippen molar-refractivity contribution in [3.05, 3.63) is 46.7 Å². The minimum atomic E-state index is 0.00690. The Morgan fingerprint density at radius 2 is 2.04 bits per heavy atom. The van der Waals surface area contributed by atoms with Crippen LogP contribution >= 0.6 is 0 Å². The molecule has 0 saturated heterocycles. The summed E-state index contributed by atoms with van der Waals surface area (Å²) in [4.78, 5) is 20.4. The molecule has 0 amide bonds. The number of hydrogen-bond donors (Lipinski definition) is 0. The number of fused-ring (bicyclic) bond motifs is 4. The molecule has 0 spiro atoms. The lowest BCUT2D eigenvalue weighted by molar-refractivity contribution is -0.118. The number of carbonyl (C=O) groups is 1. The van der Waals surface area contributed by atoms with Crippen molar-refractivity contribution >= 4 is 11.5 Å². The van der Waals surface area contributed by atoms with E-state index >= 15 is 0 Å². The van der Waals surface area contributed by atoms with Crippen LogP contribution in [-0.4, -0.2) is 30.0 Å². The van der Waals surface area contributed by atoms with Gasteiger partial charge in [0.15, 0.2) is 5.78 Å². The fourth-order valence-electron chi connectivity index (χ4n) is 4.53. The summed E-state index contributed by atoms with van der Waals surface area (Å²) in [5.41, 5.74) is 5.62. The van der Waals surface area contributed by atoms with E-state index in [2.05, 4.69) is 48.2 Å². The summed E-state index contributed by atoms with van der Waals surface area (Å²) in [5, 5.41) is 4.24. The van der Waals surface area contributed by atoms with Crippen LogP contribution in [0.1, 0.15) is 50.3 Å². The number of Topliss-reactive ketones (excluding diaryl/α,β-unsaturated/α-hetero) is 1. The maximum atomic E-state index is 12.8. The van der Waals surface area contributed by atoms with E-state index < -0.39 is 0 Å². The topological polar surface area (TPSA) is 41.9 Å². The van der Waals surface area contributed by atoms with Crippen LogP contribution in [0.2, 0.25) is 0 Å². The second kappa shape index (κ2) is 5.47. The second-order valence-corrected chi connectivity index (χ2v) is 7.85. The van der Waals surface area contributed by atoms with Crippen LogP contribution in [0.3, 0.4) is 0 Å². The summed E-state index contributed by atoms with van der Waals surface area (Å²) < 4.78 is 0. The summed E-state index contributed by atoms with van der Waals surface area (Å²) in [5.74, 6) is 0.217. The summed E-state index contributed by atoms with van der Waals surface area (Å²) >= 11 is 0. The van der Waals surface area contributed by atoms with Crippen molar-refractivity contribution in [3.8, 4) is 0 Å². The van der Waals surface area contributed by atoms with Crippen molar-refractivity contribution in [3.63, 3.8) is 0 Å². The molecule has 0 aromatic heterocycles. The summed E-state index contributed by atoms with van der Waals surface area (Å²) in [6.07, 6.45) is 3.30. The maximum Gasteiger partial charge on any atom is 0.167 e. The Labute approximate surface area is 143 Å². The van der Waals surface area contributed by atoms with E-state index in [0.717, 1.165) is 37.1 Å². The van der Waals surface area contributed by atoms with Gasteiger partial charge < -0.3 is 9.74 Å². The largest absolute Gasteiger partial charge is 0.399 e. The van der Waals surface area contributed by atoms with Gasteiger partial charge in [-0.2, -0.15) is 0 Å². The lowest BCUT2D eigenvalue weighted by Crippen LogP contribution is -2.45. The van der Waals surface area contributed by atoms with E-state index in [1.807, 2.05) is 0 Å². The standard InChI is InChI=1S/C20H24N2O2/c1-20(2)11-17-19(18(23)12-20)15(21-24-3)10-16-14-7-5-4-6-13(14)8-9-22(16)17/h4-7,16H,8-12H2,1-3H3/t16-/m1/s1. The fraction of sp³-hybridized carbons (Fsp3) is 0.500. The first-order valence-electron chi connectivity index (χ1n) is 8.71. The summed E-state index contributed by atoms with van der Waals surface area (Å²) in [6, 6.07) is 8.93. The molecule has 1 aromatic rings.